The fraction of sp³-hybridized carbons (Fsp3) is 0. The fourth-order valence-corrected chi connectivity index (χ4v) is 5.15. The summed E-state index contributed by atoms with van der Waals surface area (Å²) in [6, 6.07) is 15.8. The number of hydrogen-bond donors (Lipinski definition) is 2. The van der Waals surface area contributed by atoms with Gasteiger partial charge in [0.25, 0.3) is 10.0 Å². The minimum absolute atomic E-state index is 0.145. The van der Waals surface area contributed by atoms with Crippen molar-refractivity contribution in [1.29, 1.82) is 0 Å². The van der Waals surface area contributed by atoms with E-state index in [1.165, 1.54) is 11.3 Å². The molecule has 0 amide bonds. The van der Waals surface area contributed by atoms with E-state index in [0.717, 1.165) is 22.1 Å². The number of fused-ring (bicyclic) bond motifs is 2. The van der Waals surface area contributed by atoms with Crippen LogP contribution in [0.15, 0.2) is 77.3 Å². The smallest absolute Gasteiger partial charge is 0.263 e. The number of benzene rings is 2. The second kappa shape index (κ2) is 7.77. The van der Waals surface area contributed by atoms with E-state index in [2.05, 4.69) is 25.0 Å². The van der Waals surface area contributed by atoms with Gasteiger partial charge in [0.2, 0.25) is 0 Å². The lowest BCUT2D eigenvalue weighted by Crippen LogP contribution is -2.12. The van der Waals surface area contributed by atoms with E-state index in [-0.39, 0.29) is 4.90 Å². The molecule has 3 aromatic heterocycles. The van der Waals surface area contributed by atoms with E-state index in [1.807, 2.05) is 18.2 Å². The van der Waals surface area contributed by atoms with Gasteiger partial charge in [-0.25, -0.2) is 23.4 Å². The zero-order valence-corrected chi connectivity index (χ0v) is 18.2. The van der Waals surface area contributed by atoms with Crippen LogP contribution in [-0.4, -0.2) is 23.4 Å². The number of thiazole rings is 1. The van der Waals surface area contributed by atoms with Gasteiger partial charge in [-0.05, 0) is 54.6 Å². The molecule has 0 radical (unpaired) electrons. The molecule has 0 saturated heterocycles. The normalized spacial score (nSPS) is 11.6. The Hall–Kier alpha value is -3.27. The predicted octanol–water partition coefficient (Wildman–Crippen LogP) is 5.44. The summed E-state index contributed by atoms with van der Waals surface area (Å²) in [6.45, 7) is 0. The van der Waals surface area contributed by atoms with Crippen molar-refractivity contribution in [2.45, 2.75) is 4.90 Å². The summed E-state index contributed by atoms with van der Waals surface area (Å²) in [5.41, 5.74) is 2.85. The highest BCUT2D eigenvalue weighted by Gasteiger charge is 2.16. The molecule has 0 aliphatic carbocycles. The molecular formula is C21H14ClN5O2S2. The topological polar surface area (TPSA) is 96.9 Å². The summed E-state index contributed by atoms with van der Waals surface area (Å²) < 4.78 is 27.6. The molecule has 5 aromatic rings. The predicted molar refractivity (Wildman–Crippen MR) is 125 cm³/mol. The Labute approximate surface area is 186 Å². The molecule has 0 aliphatic heterocycles. The molecular weight excluding hydrogens is 454 g/mol. The van der Waals surface area contributed by atoms with Gasteiger partial charge in [0.05, 0.1) is 16.1 Å². The van der Waals surface area contributed by atoms with E-state index < -0.39 is 10.0 Å². The van der Waals surface area contributed by atoms with Crippen LogP contribution in [0, 0.1) is 0 Å². The number of nitrogens with one attached hydrogen (secondary N) is 2. The average molecular weight is 468 g/mol. The summed E-state index contributed by atoms with van der Waals surface area (Å²) in [7, 11) is -3.71. The summed E-state index contributed by atoms with van der Waals surface area (Å²) in [4.78, 5) is 13.1. The van der Waals surface area contributed by atoms with E-state index in [9.17, 15) is 8.42 Å². The molecule has 0 aliphatic rings. The molecule has 2 N–H and O–H groups in total. The van der Waals surface area contributed by atoms with Crippen LogP contribution in [0.1, 0.15) is 0 Å². The van der Waals surface area contributed by atoms with Gasteiger partial charge in [-0.3, -0.25) is 4.72 Å². The summed E-state index contributed by atoms with van der Waals surface area (Å²) >= 11 is 7.36. The molecule has 0 saturated carbocycles. The monoisotopic (exact) mass is 467 g/mol. The molecule has 0 unspecified atom stereocenters. The van der Waals surface area contributed by atoms with Gasteiger partial charge >= 0.3 is 0 Å². The molecule has 0 fully saturated rings. The standard InChI is InChI=1S/C21H14ClN5O2S2/c22-13-3-8-16-18(12-13)26-20-17(2-1-9-23-20)19(16)25-14-4-6-15(7-5-14)31(28,29)27-21-24-10-11-30-21/h1-12H,(H,24,27)(H,23,25,26). The minimum atomic E-state index is -3.71. The number of rotatable bonds is 5. The van der Waals surface area contributed by atoms with Crippen molar-refractivity contribution in [3.8, 4) is 0 Å². The highest BCUT2D eigenvalue weighted by molar-refractivity contribution is 7.93. The third kappa shape index (κ3) is 3.90. The molecule has 10 heteroatoms. The van der Waals surface area contributed by atoms with Crippen molar-refractivity contribution in [3.05, 3.63) is 77.4 Å². The average Bonchev–Trinajstić information content (AvgIpc) is 3.26. The van der Waals surface area contributed by atoms with Gasteiger partial charge in [-0.15, -0.1) is 11.3 Å². The van der Waals surface area contributed by atoms with Gasteiger partial charge in [-0.1, -0.05) is 11.6 Å². The number of sulfonamides is 1. The molecule has 3 heterocycles. The first-order chi connectivity index (χ1) is 15.0. The second-order valence-corrected chi connectivity index (χ2v) is 9.63. The van der Waals surface area contributed by atoms with Crippen LogP contribution < -0.4 is 10.0 Å². The Bertz CT molecular complexity index is 1500. The van der Waals surface area contributed by atoms with Crippen molar-refractivity contribution in [2.75, 3.05) is 10.0 Å². The maximum absolute atomic E-state index is 12.6. The Morgan fingerprint density at radius 3 is 2.55 bits per heavy atom. The third-order valence-electron chi connectivity index (χ3n) is 4.60. The number of halogens is 1. The molecule has 0 bridgehead atoms. The van der Waals surface area contributed by atoms with Crippen molar-refractivity contribution in [3.63, 3.8) is 0 Å². The summed E-state index contributed by atoms with van der Waals surface area (Å²) in [6.07, 6.45) is 3.23. The van der Waals surface area contributed by atoms with Gasteiger partial charge in [-0.2, -0.15) is 0 Å². The number of nitrogens with zero attached hydrogens (tertiary/aromatic N) is 3. The lowest BCUT2D eigenvalue weighted by atomic mass is 10.1. The van der Waals surface area contributed by atoms with E-state index in [4.69, 9.17) is 11.6 Å². The zero-order valence-electron chi connectivity index (χ0n) is 15.8. The molecule has 5 rings (SSSR count). The number of aromatic nitrogens is 3. The van der Waals surface area contributed by atoms with E-state index >= 15 is 0 Å². The Kier molecular flexibility index (Phi) is 4.93. The van der Waals surface area contributed by atoms with Crippen LogP contribution in [0.5, 0.6) is 0 Å². The van der Waals surface area contributed by atoms with Gasteiger partial charge < -0.3 is 5.32 Å². The first-order valence-electron chi connectivity index (χ1n) is 9.13. The Balaban J connectivity index is 1.52. The summed E-state index contributed by atoms with van der Waals surface area (Å²) in [5.74, 6) is 0. The first-order valence-corrected chi connectivity index (χ1v) is 11.9. The molecule has 0 atom stereocenters. The third-order valence-corrected chi connectivity index (χ3v) is 7.01. The van der Waals surface area contributed by atoms with E-state index in [1.54, 1.807) is 54.2 Å². The Morgan fingerprint density at radius 2 is 1.77 bits per heavy atom. The zero-order chi connectivity index (χ0) is 21.4. The van der Waals surface area contributed by atoms with Gasteiger partial charge in [0, 0.05) is 39.3 Å². The molecule has 31 heavy (non-hydrogen) atoms. The Morgan fingerprint density at radius 1 is 0.935 bits per heavy atom. The number of hydrogen-bond acceptors (Lipinski definition) is 7. The molecule has 0 spiro atoms. The number of pyridine rings is 2. The molecule has 2 aromatic carbocycles. The van der Waals surface area contributed by atoms with E-state index in [0.29, 0.717) is 21.3 Å². The lowest BCUT2D eigenvalue weighted by molar-refractivity contribution is 0.601. The second-order valence-electron chi connectivity index (χ2n) is 6.61. The largest absolute Gasteiger partial charge is 0.354 e. The quantitative estimate of drug-likeness (QED) is 0.334. The fourth-order valence-electron chi connectivity index (χ4n) is 3.19. The van der Waals surface area contributed by atoms with Crippen molar-refractivity contribution in [2.24, 2.45) is 0 Å². The van der Waals surface area contributed by atoms with Crippen LogP contribution in [0.3, 0.4) is 0 Å². The molecule has 7 nitrogen and oxygen atoms in total. The van der Waals surface area contributed by atoms with Crippen LogP contribution in [0.2, 0.25) is 5.02 Å². The first kappa shape index (κ1) is 19.7. The van der Waals surface area contributed by atoms with Crippen LogP contribution in [-0.2, 0) is 10.0 Å². The van der Waals surface area contributed by atoms with Crippen molar-refractivity contribution < 1.29 is 8.42 Å². The highest BCUT2D eigenvalue weighted by atomic mass is 35.5. The maximum Gasteiger partial charge on any atom is 0.263 e. The number of anilines is 3. The minimum Gasteiger partial charge on any atom is -0.354 e. The lowest BCUT2D eigenvalue weighted by Gasteiger charge is -2.13. The summed E-state index contributed by atoms with van der Waals surface area (Å²) in [5, 5.41) is 7.73. The van der Waals surface area contributed by atoms with Crippen LogP contribution >= 0.6 is 22.9 Å². The van der Waals surface area contributed by atoms with Crippen molar-refractivity contribution in [1.82, 2.24) is 15.0 Å². The van der Waals surface area contributed by atoms with Crippen molar-refractivity contribution >= 4 is 71.4 Å². The maximum atomic E-state index is 12.6. The van der Waals surface area contributed by atoms with Gasteiger partial charge in [0.15, 0.2) is 10.8 Å². The van der Waals surface area contributed by atoms with Crippen LogP contribution in [0.4, 0.5) is 16.5 Å². The van der Waals surface area contributed by atoms with Crippen LogP contribution in [0.25, 0.3) is 21.9 Å². The molecule has 154 valence electrons. The highest BCUT2D eigenvalue weighted by Crippen LogP contribution is 2.33. The SMILES string of the molecule is O=S(=O)(Nc1nccs1)c1ccc(Nc2c3ccc(Cl)cc3nc3ncccc23)cc1. The van der Waals surface area contributed by atoms with Gasteiger partial charge in [0.1, 0.15) is 0 Å².